The monoisotopic (exact) mass is 285 g/mol. The van der Waals surface area contributed by atoms with Crippen LogP contribution in [0, 0.1) is 12.1 Å². The maximum atomic E-state index is 11.1. The summed E-state index contributed by atoms with van der Waals surface area (Å²) in [5, 5.41) is 51.0. The van der Waals surface area contributed by atoms with Gasteiger partial charge >= 0.3 is 0 Å². The molecule has 112 valence electrons. The van der Waals surface area contributed by atoms with Crippen molar-refractivity contribution in [2.45, 2.75) is 31.5 Å². The molecule has 20 heavy (non-hydrogen) atoms. The number of anilines is 2. The van der Waals surface area contributed by atoms with E-state index >= 15 is 0 Å². The summed E-state index contributed by atoms with van der Waals surface area (Å²) in [6, 6.07) is 4.70. The number of hydrogen-bond acceptors (Lipinski definition) is 8. The molecule has 0 saturated carbocycles. The molecule has 0 amide bonds. The van der Waals surface area contributed by atoms with Gasteiger partial charge < -0.3 is 35.8 Å². The molecule has 0 radical (unpaired) electrons. The van der Waals surface area contributed by atoms with Crippen LogP contribution in [0.25, 0.3) is 0 Å². The number of ether oxygens (including phenoxy) is 1. The van der Waals surface area contributed by atoms with E-state index in [0.717, 1.165) is 5.56 Å². The summed E-state index contributed by atoms with van der Waals surface area (Å²) in [5.74, 6) is 0. The summed E-state index contributed by atoms with van der Waals surface area (Å²) in [6.45, 7) is 1.31. The van der Waals surface area contributed by atoms with Gasteiger partial charge in [0.1, 0.15) is 18.3 Å². The molecule has 0 bridgehead atoms. The topological polar surface area (TPSA) is 128 Å². The van der Waals surface area contributed by atoms with Crippen molar-refractivity contribution in [1.82, 2.24) is 0 Å². The Hall–Kier alpha value is -1.42. The Kier molecular flexibility index (Phi) is 4.43. The van der Waals surface area contributed by atoms with Gasteiger partial charge in [0.05, 0.1) is 18.0 Å². The van der Waals surface area contributed by atoms with Crippen molar-refractivity contribution in [3.8, 4) is 0 Å². The third-order valence-electron chi connectivity index (χ3n) is 3.20. The summed E-state index contributed by atoms with van der Waals surface area (Å²) >= 11 is 0. The second-order valence-corrected chi connectivity index (χ2v) is 4.70. The normalized spacial score (nSPS) is 29.5. The fourth-order valence-corrected chi connectivity index (χ4v) is 2.09. The minimum atomic E-state index is -1.26. The van der Waals surface area contributed by atoms with Crippen molar-refractivity contribution in [1.29, 1.82) is 0 Å². The van der Waals surface area contributed by atoms with Crippen molar-refractivity contribution < 1.29 is 25.3 Å². The summed E-state index contributed by atoms with van der Waals surface area (Å²) < 4.78 is 5.24. The van der Waals surface area contributed by atoms with E-state index in [1.807, 2.05) is 0 Å². The predicted octanol–water partition coefficient (Wildman–Crippen LogP) is -0.461. The summed E-state index contributed by atoms with van der Waals surface area (Å²) in [5.41, 5.74) is 0.965. The summed E-state index contributed by atoms with van der Waals surface area (Å²) in [7, 11) is 0. The van der Waals surface area contributed by atoms with Crippen molar-refractivity contribution in [3.05, 3.63) is 29.0 Å². The first kappa shape index (κ1) is 15.0. The highest BCUT2D eigenvalue weighted by molar-refractivity contribution is 5.70. The predicted molar refractivity (Wildman–Crippen MR) is 70.2 cm³/mol. The first-order valence-corrected chi connectivity index (χ1v) is 6.10. The quantitative estimate of drug-likeness (QED) is 0.470. The van der Waals surface area contributed by atoms with Crippen LogP contribution < -0.4 is 10.5 Å². The maximum Gasteiger partial charge on any atom is 0.157 e. The van der Waals surface area contributed by atoms with Gasteiger partial charge in [0.2, 0.25) is 0 Å². The number of aliphatic hydroxyl groups excluding tert-OH is 3. The van der Waals surface area contributed by atoms with Crippen LogP contribution in [0.15, 0.2) is 18.2 Å². The minimum Gasteiger partial charge on any atom is -0.733 e. The molecule has 1 fully saturated rings. The van der Waals surface area contributed by atoms with E-state index in [4.69, 9.17) is 15.1 Å². The third kappa shape index (κ3) is 2.85. The molecule has 1 saturated heterocycles. The fraction of sp³-hybridized carbons (Fsp3) is 0.500. The Morgan fingerprint density at radius 2 is 2.05 bits per heavy atom. The molecule has 4 unspecified atom stereocenters. The molecule has 8 heteroatoms. The summed E-state index contributed by atoms with van der Waals surface area (Å²) in [4.78, 5) is 0. The lowest BCUT2D eigenvalue weighted by Crippen LogP contribution is -2.36. The van der Waals surface area contributed by atoms with E-state index in [-0.39, 0.29) is 16.6 Å². The second kappa shape index (κ2) is 5.92. The number of aryl methyl sites for hydroxylation is 1. The van der Waals surface area contributed by atoms with Gasteiger partial charge in [-0.25, -0.2) is 0 Å². The molecular weight excluding hydrogens is 268 g/mol. The highest BCUT2D eigenvalue weighted by Gasteiger charge is 2.42. The average molecular weight is 285 g/mol. The van der Waals surface area contributed by atoms with Gasteiger partial charge in [-0.1, -0.05) is 6.07 Å². The molecule has 1 heterocycles. The molecule has 4 atom stereocenters. The van der Waals surface area contributed by atoms with E-state index in [1.165, 1.54) is 6.07 Å². The number of aliphatic hydroxyl groups is 3. The molecule has 8 nitrogen and oxygen atoms in total. The highest BCUT2D eigenvalue weighted by atomic mass is 16.8. The van der Waals surface area contributed by atoms with Crippen LogP contribution in [-0.2, 0) is 4.74 Å². The third-order valence-corrected chi connectivity index (χ3v) is 3.20. The maximum absolute atomic E-state index is 11.1. The molecule has 0 spiro atoms. The van der Waals surface area contributed by atoms with Crippen LogP contribution in [0.3, 0.4) is 0 Å². The van der Waals surface area contributed by atoms with Gasteiger partial charge in [0.25, 0.3) is 0 Å². The van der Waals surface area contributed by atoms with Crippen molar-refractivity contribution >= 4 is 11.4 Å². The van der Waals surface area contributed by atoms with Crippen molar-refractivity contribution in [2.24, 2.45) is 0 Å². The lowest BCUT2D eigenvalue weighted by Gasteiger charge is -2.27. The molecule has 1 aliphatic rings. The van der Waals surface area contributed by atoms with E-state index in [9.17, 15) is 15.4 Å². The Morgan fingerprint density at radius 3 is 2.60 bits per heavy atom. The van der Waals surface area contributed by atoms with Gasteiger partial charge in [-0.05, 0) is 24.6 Å². The standard InChI is InChI=1S/C12H17N2O6/c1-6-2-3-7(8(4-6)14(18)19)13-12-11(17)10(16)9(5-15)20-12/h2-4,9-13,15-18H,5H2,1H3/q-1. The van der Waals surface area contributed by atoms with Crippen LogP contribution in [0.2, 0.25) is 0 Å². The molecule has 1 aromatic carbocycles. The zero-order chi connectivity index (χ0) is 14.9. The minimum absolute atomic E-state index is 0.0391. The van der Waals surface area contributed by atoms with Crippen LogP contribution in [-0.4, -0.2) is 51.7 Å². The first-order chi connectivity index (χ1) is 9.43. The zero-order valence-corrected chi connectivity index (χ0v) is 10.8. The molecular formula is C12H17N2O6-. The Labute approximate surface area is 115 Å². The number of nitrogens with zero attached hydrogens (tertiary/aromatic N) is 1. The molecule has 1 aromatic rings. The van der Waals surface area contributed by atoms with E-state index < -0.39 is 31.1 Å². The Morgan fingerprint density at radius 1 is 1.35 bits per heavy atom. The van der Waals surface area contributed by atoms with Crippen molar-refractivity contribution in [2.75, 3.05) is 17.2 Å². The Bertz CT molecular complexity index is 469. The van der Waals surface area contributed by atoms with Crippen molar-refractivity contribution in [3.63, 3.8) is 0 Å². The van der Waals surface area contributed by atoms with Crippen LogP contribution in [0.4, 0.5) is 11.4 Å². The van der Waals surface area contributed by atoms with Gasteiger partial charge in [0, 0.05) is 0 Å². The average Bonchev–Trinajstić information content (AvgIpc) is 2.68. The lowest BCUT2D eigenvalue weighted by atomic mass is 10.1. The number of hydrogen-bond donors (Lipinski definition) is 5. The van der Waals surface area contributed by atoms with E-state index in [1.54, 1.807) is 19.1 Å². The number of nitrogens with one attached hydrogen (secondary N) is 1. The van der Waals surface area contributed by atoms with Gasteiger partial charge in [0.15, 0.2) is 6.23 Å². The van der Waals surface area contributed by atoms with Crippen LogP contribution >= 0.6 is 0 Å². The first-order valence-electron chi connectivity index (χ1n) is 6.10. The van der Waals surface area contributed by atoms with Crippen LogP contribution in [0.5, 0.6) is 0 Å². The van der Waals surface area contributed by atoms with Gasteiger partial charge in [-0.2, -0.15) is 0 Å². The Balaban J connectivity index is 2.18. The SMILES string of the molecule is Cc1ccc(NC2OC(CO)C(O)C2O)c(N([O-])O)c1. The molecule has 1 aliphatic heterocycles. The molecule has 2 rings (SSSR count). The van der Waals surface area contributed by atoms with Crippen LogP contribution in [0.1, 0.15) is 5.56 Å². The fourth-order valence-electron chi connectivity index (χ4n) is 2.09. The smallest absolute Gasteiger partial charge is 0.157 e. The van der Waals surface area contributed by atoms with Gasteiger partial charge in [-0.15, -0.1) is 0 Å². The molecule has 0 aromatic heterocycles. The number of benzene rings is 1. The molecule has 0 aliphatic carbocycles. The second-order valence-electron chi connectivity index (χ2n) is 4.70. The molecule has 5 N–H and O–H groups in total. The van der Waals surface area contributed by atoms with E-state index in [2.05, 4.69) is 5.32 Å². The van der Waals surface area contributed by atoms with Gasteiger partial charge in [-0.3, -0.25) is 5.21 Å². The van der Waals surface area contributed by atoms with E-state index in [0.29, 0.717) is 0 Å². The lowest BCUT2D eigenvalue weighted by molar-refractivity contribution is -0.0153. The number of rotatable bonds is 4. The zero-order valence-electron chi connectivity index (χ0n) is 10.8. The largest absolute Gasteiger partial charge is 0.733 e. The highest BCUT2D eigenvalue weighted by Crippen LogP contribution is 2.29. The summed E-state index contributed by atoms with van der Waals surface area (Å²) in [6.07, 6.45) is -4.40.